The van der Waals surface area contributed by atoms with Crippen LogP contribution in [0, 0.1) is 0 Å². The Balaban J connectivity index is 2.40. The smallest absolute Gasteiger partial charge is 0.266 e. The first-order valence-corrected chi connectivity index (χ1v) is 4.91. The molecule has 0 aliphatic rings. The minimum absolute atomic E-state index is 0.00607. The lowest BCUT2D eigenvalue weighted by Crippen LogP contribution is -2.22. The SMILES string of the molecule is CCOCC(=O)N/N=C/c1cccc(O)c1. The average molecular weight is 222 g/mol. The third kappa shape index (κ3) is 4.56. The van der Waals surface area contributed by atoms with E-state index in [-0.39, 0.29) is 18.3 Å². The molecule has 0 bridgehead atoms. The summed E-state index contributed by atoms with van der Waals surface area (Å²) in [6.07, 6.45) is 1.45. The highest BCUT2D eigenvalue weighted by molar-refractivity contribution is 5.83. The number of hydrogen-bond donors (Lipinski definition) is 2. The van der Waals surface area contributed by atoms with Gasteiger partial charge in [0, 0.05) is 6.61 Å². The lowest BCUT2D eigenvalue weighted by atomic mass is 10.2. The van der Waals surface area contributed by atoms with E-state index in [1.54, 1.807) is 18.2 Å². The van der Waals surface area contributed by atoms with Crippen molar-refractivity contribution in [3.8, 4) is 5.75 Å². The van der Waals surface area contributed by atoms with Gasteiger partial charge in [0.2, 0.25) is 0 Å². The first-order chi connectivity index (χ1) is 7.72. The largest absolute Gasteiger partial charge is 0.508 e. The van der Waals surface area contributed by atoms with Gasteiger partial charge in [-0.2, -0.15) is 5.10 Å². The second-order valence-corrected chi connectivity index (χ2v) is 3.03. The van der Waals surface area contributed by atoms with Crippen molar-refractivity contribution in [3.63, 3.8) is 0 Å². The van der Waals surface area contributed by atoms with Crippen LogP contribution in [0.4, 0.5) is 0 Å². The number of carbonyl (C=O) groups is 1. The van der Waals surface area contributed by atoms with Crippen LogP contribution in [0.15, 0.2) is 29.4 Å². The van der Waals surface area contributed by atoms with Crippen molar-refractivity contribution >= 4 is 12.1 Å². The normalized spacial score (nSPS) is 10.6. The quantitative estimate of drug-likeness (QED) is 0.574. The van der Waals surface area contributed by atoms with Crippen LogP contribution in [0.5, 0.6) is 5.75 Å². The highest BCUT2D eigenvalue weighted by Gasteiger charge is 1.97. The molecule has 16 heavy (non-hydrogen) atoms. The number of carbonyl (C=O) groups excluding carboxylic acids is 1. The molecule has 1 amide bonds. The van der Waals surface area contributed by atoms with E-state index in [0.29, 0.717) is 12.2 Å². The fraction of sp³-hybridized carbons (Fsp3) is 0.273. The molecule has 2 N–H and O–H groups in total. The van der Waals surface area contributed by atoms with E-state index in [4.69, 9.17) is 9.84 Å². The number of phenols is 1. The highest BCUT2D eigenvalue weighted by atomic mass is 16.5. The predicted octanol–water partition coefficient (Wildman–Crippen LogP) is 0.879. The first-order valence-electron chi connectivity index (χ1n) is 4.91. The maximum Gasteiger partial charge on any atom is 0.266 e. The number of nitrogens with zero attached hydrogens (tertiary/aromatic N) is 1. The molecule has 0 fully saturated rings. The average Bonchev–Trinajstić information content (AvgIpc) is 2.26. The molecule has 0 saturated carbocycles. The van der Waals surface area contributed by atoms with E-state index < -0.39 is 0 Å². The molecule has 0 aliphatic heterocycles. The summed E-state index contributed by atoms with van der Waals surface area (Å²) >= 11 is 0. The zero-order valence-electron chi connectivity index (χ0n) is 9.01. The Hall–Kier alpha value is -1.88. The van der Waals surface area contributed by atoms with Crippen molar-refractivity contribution in [2.45, 2.75) is 6.92 Å². The van der Waals surface area contributed by atoms with Gasteiger partial charge in [-0.25, -0.2) is 5.43 Å². The molecule has 1 aromatic carbocycles. The number of ether oxygens (including phenoxy) is 1. The Morgan fingerprint density at radius 1 is 1.62 bits per heavy atom. The number of nitrogens with one attached hydrogen (secondary N) is 1. The summed E-state index contributed by atoms with van der Waals surface area (Å²) in [6.45, 7) is 2.29. The van der Waals surface area contributed by atoms with Crippen molar-refractivity contribution in [2.75, 3.05) is 13.2 Å². The lowest BCUT2D eigenvalue weighted by Gasteiger charge is -1.99. The summed E-state index contributed by atoms with van der Waals surface area (Å²) in [4.78, 5) is 11.1. The fourth-order valence-corrected chi connectivity index (χ4v) is 1.01. The Labute approximate surface area is 93.7 Å². The van der Waals surface area contributed by atoms with Gasteiger partial charge in [-0.15, -0.1) is 0 Å². The number of amides is 1. The Kier molecular flexibility index (Phi) is 5.01. The third-order valence-corrected chi connectivity index (χ3v) is 1.71. The molecule has 86 valence electrons. The highest BCUT2D eigenvalue weighted by Crippen LogP contribution is 2.08. The molecular weight excluding hydrogens is 208 g/mol. The van der Waals surface area contributed by atoms with Gasteiger partial charge in [0.05, 0.1) is 6.21 Å². The summed E-state index contributed by atoms with van der Waals surface area (Å²) in [5.74, 6) is -0.150. The number of hydrogen-bond acceptors (Lipinski definition) is 4. The Morgan fingerprint density at radius 3 is 3.12 bits per heavy atom. The van der Waals surface area contributed by atoms with Gasteiger partial charge < -0.3 is 9.84 Å². The zero-order valence-corrected chi connectivity index (χ0v) is 9.01. The van der Waals surface area contributed by atoms with E-state index in [0.717, 1.165) is 0 Å². The van der Waals surface area contributed by atoms with Crippen molar-refractivity contribution in [3.05, 3.63) is 29.8 Å². The number of aromatic hydroxyl groups is 1. The molecule has 1 rings (SSSR count). The van der Waals surface area contributed by atoms with Crippen molar-refractivity contribution in [2.24, 2.45) is 5.10 Å². The van der Waals surface area contributed by atoms with Gasteiger partial charge >= 0.3 is 0 Å². The molecule has 0 atom stereocenters. The minimum Gasteiger partial charge on any atom is -0.508 e. The summed E-state index contributed by atoms with van der Waals surface area (Å²) < 4.78 is 4.89. The van der Waals surface area contributed by atoms with E-state index in [9.17, 15) is 4.79 Å². The maximum atomic E-state index is 11.1. The Morgan fingerprint density at radius 2 is 2.44 bits per heavy atom. The minimum atomic E-state index is -0.307. The molecule has 0 aliphatic carbocycles. The second kappa shape index (κ2) is 6.58. The molecule has 5 heteroatoms. The van der Waals surface area contributed by atoms with E-state index in [1.807, 2.05) is 6.92 Å². The summed E-state index contributed by atoms with van der Waals surface area (Å²) in [5, 5.41) is 12.9. The van der Waals surface area contributed by atoms with Gasteiger partial charge in [-0.3, -0.25) is 4.79 Å². The predicted molar refractivity (Wildman–Crippen MR) is 60.3 cm³/mol. The fourth-order valence-electron chi connectivity index (χ4n) is 1.01. The molecule has 0 saturated heterocycles. The van der Waals surface area contributed by atoms with Gasteiger partial charge in [0.15, 0.2) is 0 Å². The van der Waals surface area contributed by atoms with Crippen LogP contribution in [0.1, 0.15) is 12.5 Å². The Bertz CT molecular complexity index is 377. The maximum absolute atomic E-state index is 11.1. The third-order valence-electron chi connectivity index (χ3n) is 1.71. The number of rotatable bonds is 5. The van der Waals surface area contributed by atoms with Crippen molar-refractivity contribution in [1.29, 1.82) is 0 Å². The van der Waals surface area contributed by atoms with Crippen molar-refractivity contribution in [1.82, 2.24) is 5.43 Å². The van der Waals surface area contributed by atoms with Crippen molar-refractivity contribution < 1.29 is 14.6 Å². The van der Waals surface area contributed by atoms with Gasteiger partial charge in [0.25, 0.3) is 5.91 Å². The van der Waals surface area contributed by atoms with Crippen LogP contribution in [0.3, 0.4) is 0 Å². The van der Waals surface area contributed by atoms with Gasteiger partial charge in [0.1, 0.15) is 12.4 Å². The van der Waals surface area contributed by atoms with Gasteiger partial charge in [-0.05, 0) is 24.6 Å². The van der Waals surface area contributed by atoms with Crippen LogP contribution in [0.2, 0.25) is 0 Å². The van der Waals surface area contributed by atoms with Crippen LogP contribution in [-0.4, -0.2) is 30.4 Å². The molecular formula is C11H14N2O3. The van der Waals surface area contributed by atoms with Crippen LogP contribution >= 0.6 is 0 Å². The van der Waals surface area contributed by atoms with Crippen LogP contribution < -0.4 is 5.43 Å². The van der Waals surface area contributed by atoms with Crippen LogP contribution in [-0.2, 0) is 9.53 Å². The van der Waals surface area contributed by atoms with E-state index in [1.165, 1.54) is 12.3 Å². The molecule has 0 unspecified atom stereocenters. The lowest BCUT2D eigenvalue weighted by molar-refractivity contribution is -0.125. The topological polar surface area (TPSA) is 70.9 Å². The molecule has 5 nitrogen and oxygen atoms in total. The first kappa shape index (κ1) is 12.2. The molecule has 0 spiro atoms. The number of benzene rings is 1. The van der Waals surface area contributed by atoms with Gasteiger partial charge in [-0.1, -0.05) is 12.1 Å². The monoisotopic (exact) mass is 222 g/mol. The molecule has 0 aromatic heterocycles. The summed E-state index contributed by atoms with van der Waals surface area (Å²) in [6, 6.07) is 6.56. The standard InChI is InChI=1S/C11H14N2O3/c1-2-16-8-11(15)13-12-7-9-4-3-5-10(14)6-9/h3-7,14H,2,8H2,1H3,(H,13,15)/b12-7+. The zero-order chi connectivity index (χ0) is 11.8. The second-order valence-electron chi connectivity index (χ2n) is 3.03. The van der Waals surface area contributed by atoms with E-state index >= 15 is 0 Å². The molecule has 0 heterocycles. The molecule has 0 radical (unpaired) electrons. The van der Waals surface area contributed by atoms with E-state index in [2.05, 4.69) is 10.5 Å². The molecule has 1 aromatic rings. The number of phenolic OH excluding ortho intramolecular Hbond substituents is 1. The van der Waals surface area contributed by atoms with Crippen LogP contribution in [0.25, 0.3) is 0 Å². The summed E-state index contributed by atoms with van der Waals surface area (Å²) in [5.41, 5.74) is 3.01. The number of hydrazone groups is 1. The summed E-state index contributed by atoms with van der Waals surface area (Å²) in [7, 11) is 0.